The van der Waals surface area contributed by atoms with Gasteiger partial charge >= 0.3 is 0 Å². The van der Waals surface area contributed by atoms with Gasteiger partial charge in [-0.3, -0.25) is 0 Å². The fourth-order valence-electron chi connectivity index (χ4n) is 2.60. The molecule has 0 radical (unpaired) electrons. The average Bonchev–Trinajstić information content (AvgIpc) is 2.39. The van der Waals surface area contributed by atoms with Crippen molar-refractivity contribution in [2.75, 3.05) is 25.5 Å². The maximum absolute atomic E-state index is 4.82. The molecule has 2 heterocycles. The number of likely N-dealkylation sites (tertiary alicyclic amines) is 1. The summed E-state index contributed by atoms with van der Waals surface area (Å²) in [6.07, 6.45) is 2.35. The summed E-state index contributed by atoms with van der Waals surface area (Å²) in [5.41, 5.74) is 1.11. The van der Waals surface area contributed by atoms with Crippen molar-refractivity contribution in [3.05, 3.63) is 17.6 Å². The SMILES string of the molecule is CN1CCC(Nc2cc(C(C)(C)C)nc(C(C)(C)C)n2)CC1. The van der Waals surface area contributed by atoms with E-state index in [0.717, 1.165) is 30.4 Å². The first kappa shape index (κ1) is 17.2. The average molecular weight is 304 g/mol. The molecule has 0 aromatic carbocycles. The van der Waals surface area contributed by atoms with Gasteiger partial charge in [-0.1, -0.05) is 41.5 Å². The Hall–Kier alpha value is -1.16. The lowest BCUT2D eigenvalue weighted by molar-refractivity contribution is 0.263. The Kier molecular flexibility index (Phi) is 4.81. The second-order valence-corrected chi connectivity index (χ2v) is 8.68. The fraction of sp³-hybridized carbons (Fsp3) is 0.778. The van der Waals surface area contributed by atoms with Crippen LogP contribution in [0.25, 0.3) is 0 Å². The van der Waals surface area contributed by atoms with Crippen LogP contribution in [0.15, 0.2) is 6.07 Å². The van der Waals surface area contributed by atoms with Crippen LogP contribution >= 0.6 is 0 Å². The smallest absolute Gasteiger partial charge is 0.136 e. The third kappa shape index (κ3) is 4.42. The number of aromatic nitrogens is 2. The van der Waals surface area contributed by atoms with E-state index in [9.17, 15) is 0 Å². The van der Waals surface area contributed by atoms with E-state index in [2.05, 4.69) is 64.9 Å². The molecular weight excluding hydrogens is 272 g/mol. The molecule has 0 bridgehead atoms. The molecule has 0 saturated carbocycles. The van der Waals surface area contributed by atoms with Crippen LogP contribution in [0.3, 0.4) is 0 Å². The van der Waals surface area contributed by atoms with Crippen molar-refractivity contribution in [1.29, 1.82) is 0 Å². The normalized spacial score (nSPS) is 18.5. The van der Waals surface area contributed by atoms with Gasteiger partial charge in [0.1, 0.15) is 11.6 Å². The summed E-state index contributed by atoms with van der Waals surface area (Å²) in [6.45, 7) is 15.5. The second kappa shape index (κ2) is 6.15. The number of anilines is 1. The lowest BCUT2D eigenvalue weighted by Gasteiger charge is -2.31. The lowest BCUT2D eigenvalue weighted by atomic mass is 9.90. The Labute approximate surface area is 135 Å². The van der Waals surface area contributed by atoms with Crippen molar-refractivity contribution >= 4 is 5.82 Å². The topological polar surface area (TPSA) is 41.0 Å². The Morgan fingerprint density at radius 3 is 2.09 bits per heavy atom. The number of nitrogens with zero attached hydrogens (tertiary/aromatic N) is 3. The highest BCUT2D eigenvalue weighted by Gasteiger charge is 2.25. The summed E-state index contributed by atoms with van der Waals surface area (Å²) in [6, 6.07) is 2.65. The van der Waals surface area contributed by atoms with Crippen LogP contribution in [0.5, 0.6) is 0 Å². The number of piperidine rings is 1. The number of hydrogen-bond donors (Lipinski definition) is 1. The zero-order valence-corrected chi connectivity index (χ0v) is 15.3. The Morgan fingerprint density at radius 2 is 1.59 bits per heavy atom. The van der Waals surface area contributed by atoms with E-state index in [1.54, 1.807) is 0 Å². The summed E-state index contributed by atoms with van der Waals surface area (Å²) < 4.78 is 0. The van der Waals surface area contributed by atoms with E-state index in [1.807, 2.05) is 0 Å². The van der Waals surface area contributed by atoms with Crippen molar-refractivity contribution in [3.63, 3.8) is 0 Å². The minimum atomic E-state index is -0.0372. The standard InChI is InChI=1S/C18H32N4/c1-17(2,3)14-12-15(21-16(20-14)18(4,5)6)19-13-8-10-22(7)11-9-13/h12-13H,8-11H2,1-7H3,(H,19,20,21). The van der Waals surface area contributed by atoms with Crippen LogP contribution < -0.4 is 5.32 Å². The molecule has 1 aliphatic rings. The second-order valence-electron chi connectivity index (χ2n) is 8.68. The summed E-state index contributed by atoms with van der Waals surface area (Å²) in [7, 11) is 2.19. The molecule has 1 aromatic rings. The molecule has 1 N–H and O–H groups in total. The largest absolute Gasteiger partial charge is 0.367 e. The van der Waals surface area contributed by atoms with Gasteiger partial charge in [0.2, 0.25) is 0 Å². The first-order valence-electron chi connectivity index (χ1n) is 8.41. The van der Waals surface area contributed by atoms with Crippen molar-refractivity contribution in [2.45, 2.75) is 71.3 Å². The predicted octanol–water partition coefficient (Wildman–Crippen LogP) is 3.58. The van der Waals surface area contributed by atoms with Crippen LogP contribution in [0.1, 0.15) is 65.9 Å². The Balaban J connectivity index is 2.26. The quantitative estimate of drug-likeness (QED) is 0.907. The van der Waals surface area contributed by atoms with Gasteiger partial charge in [-0.2, -0.15) is 0 Å². The third-order valence-electron chi connectivity index (χ3n) is 4.24. The van der Waals surface area contributed by atoms with E-state index in [4.69, 9.17) is 9.97 Å². The van der Waals surface area contributed by atoms with E-state index >= 15 is 0 Å². The molecule has 0 aliphatic carbocycles. The van der Waals surface area contributed by atoms with Crippen molar-refractivity contribution in [2.24, 2.45) is 0 Å². The lowest BCUT2D eigenvalue weighted by Crippen LogP contribution is -2.37. The van der Waals surface area contributed by atoms with Crippen LogP contribution in [0.2, 0.25) is 0 Å². The molecule has 1 aliphatic heterocycles. The summed E-state index contributed by atoms with van der Waals surface area (Å²) in [4.78, 5) is 12.0. The minimum Gasteiger partial charge on any atom is -0.367 e. The summed E-state index contributed by atoms with van der Waals surface area (Å²) in [5.74, 6) is 1.91. The van der Waals surface area contributed by atoms with E-state index in [-0.39, 0.29) is 10.8 Å². The number of hydrogen-bond acceptors (Lipinski definition) is 4. The first-order chi connectivity index (χ1) is 10.1. The van der Waals surface area contributed by atoms with Crippen LogP contribution in [0.4, 0.5) is 5.82 Å². The molecule has 124 valence electrons. The molecule has 1 aromatic heterocycles. The van der Waals surface area contributed by atoms with Gasteiger partial charge in [0.05, 0.1) is 5.69 Å². The molecule has 1 saturated heterocycles. The molecule has 4 nitrogen and oxygen atoms in total. The summed E-state index contributed by atoms with van der Waals surface area (Å²) >= 11 is 0. The molecular formula is C18H32N4. The molecule has 1 fully saturated rings. The van der Waals surface area contributed by atoms with Crippen molar-refractivity contribution in [3.8, 4) is 0 Å². The fourth-order valence-corrected chi connectivity index (χ4v) is 2.60. The van der Waals surface area contributed by atoms with E-state index in [0.29, 0.717) is 6.04 Å². The van der Waals surface area contributed by atoms with Crippen LogP contribution in [-0.2, 0) is 10.8 Å². The van der Waals surface area contributed by atoms with E-state index in [1.165, 1.54) is 12.8 Å². The Bertz CT molecular complexity index is 471. The molecule has 22 heavy (non-hydrogen) atoms. The van der Waals surface area contributed by atoms with Gasteiger partial charge in [0.15, 0.2) is 0 Å². The summed E-state index contributed by atoms with van der Waals surface area (Å²) in [5, 5.41) is 3.65. The third-order valence-corrected chi connectivity index (χ3v) is 4.24. The Morgan fingerprint density at radius 1 is 1.00 bits per heavy atom. The first-order valence-corrected chi connectivity index (χ1v) is 8.41. The van der Waals surface area contributed by atoms with Gasteiger partial charge in [0.25, 0.3) is 0 Å². The van der Waals surface area contributed by atoms with Crippen molar-refractivity contribution < 1.29 is 0 Å². The molecule has 2 rings (SSSR count). The zero-order valence-electron chi connectivity index (χ0n) is 15.3. The predicted molar refractivity (Wildman–Crippen MR) is 93.6 cm³/mol. The van der Waals surface area contributed by atoms with Crippen LogP contribution in [0, 0.1) is 0 Å². The molecule has 0 amide bonds. The molecule has 0 atom stereocenters. The molecule has 0 unspecified atom stereocenters. The monoisotopic (exact) mass is 304 g/mol. The minimum absolute atomic E-state index is 0.0339. The van der Waals surface area contributed by atoms with Gasteiger partial charge < -0.3 is 10.2 Å². The number of rotatable bonds is 2. The van der Waals surface area contributed by atoms with Crippen LogP contribution in [-0.4, -0.2) is 41.0 Å². The van der Waals surface area contributed by atoms with Crippen molar-refractivity contribution in [1.82, 2.24) is 14.9 Å². The maximum Gasteiger partial charge on any atom is 0.136 e. The molecule has 4 heteroatoms. The van der Waals surface area contributed by atoms with Gasteiger partial charge in [-0.05, 0) is 33.0 Å². The van der Waals surface area contributed by atoms with Gasteiger partial charge in [0, 0.05) is 22.9 Å². The highest BCUT2D eigenvalue weighted by Crippen LogP contribution is 2.27. The number of nitrogens with one attached hydrogen (secondary N) is 1. The van der Waals surface area contributed by atoms with Gasteiger partial charge in [-0.25, -0.2) is 9.97 Å². The van der Waals surface area contributed by atoms with E-state index < -0.39 is 0 Å². The highest BCUT2D eigenvalue weighted by molar-refractivity contribution is 5.40. The molecule has 0 spiro atoms. The maximum atomic E-state index is 4.82. The van der Waals surface area contributed by atoms with Gasteiger partial charge in [-0.15, -0.1) is 0 Å². The highest BCUT2D eigenvalue weighted by atomic mass is 15.1. The zero-order chi connectivity index (χ0) is 16.5.